The van der Waals surface area contributed by atoms with Gasteiger partial charge in [0.15, 0.2) is 0 Å². The van der Waals surface area contributed by atoms with Crippen molar-refractivity contribution in [1.29, 1.82) is 0 Å². The molecule has 0 amide bonds. The minimum atomic E-state index is 0.541. The second kappa shape index (κ2) is 4.89. The number of rotatable bonds is 4. The van der Waals surface area contributed by atoms with Crippen molar-refractivity contribution in [3.63, 3.8) is 0 Å². The molecule has 0 saturated heterocycles. The molecule has 0 aliphatic carbocycles. The average Bonchev–Trinajstić information content (AvgIpc) is 2.60. The van der Waals surface area contributed by atoms with Crippen LogP contribution in [0.3, 0.4) is 0 Å². The average molecular weight is 237 g/mol. The molecule has 0 spiro atoms. The topological polar surface area (TPSA) is 27.8 Å². The van der Waals surface area contributed by atoms with Crippen molar-refractivity contribution in [2.75, 3.05) is 6.54 Å². The first kappa shape index (κ1) is 11.5. The van der Waals surface area contributed by atoms with E-state index in [-0.39, 0.29) is 0 Å². The smallest absolute Gasteiger partial charge is 0.0471 e. The number of fused-ring (bicyclic) bond motifs is 1. The lowest BCUT2D eigenvalue weighted by atomic mass is 10.1. The molecule has 0 unspecified atom stereocenters. The van der Waals surface area contributed by atoms with Crippen LogP contribution >= 0.6 is 11.6 Å². The van der Waals surface area contributed by atoms with Gasteiger partial charge in [-0.2, -0.15) is 0 Å². The lowest BCUT2D eigenvalue weighted by Crippen LogP contribution is -2.24. The highest BCUT2D eigenvalue weighted by molar-refractivity contribution is 6.31. The van der Waals surface area contributed by atoms with Crippen molar-refractivity contribution in [3.05, 3.63) is 35.0 Å². The summed E-state index contributed by atoms with van der Waals surface area (Å²) >= 11 is 5.94. The quantitative estimate of drug-likeness (QED) is 0.837. The maximum Gasteiger partial charge on any atom is 0.0471 e. The van der Waals surface area contributed by atoms with E-state index in [9.17, 15) is 0 Å². The van der Waals surface area contributed by atoms with E-state index in [1.54, 1.807) is 0 Å². The molecule has 0 radical (unpaired) electrons. The maximum absolute atomic E-state index is 5.94. The summed E-state index contributed by atoms with van der Waals surface area (Å²) in [4.78, 5) is 3.25. The van der Waals surface area contributed by atoms with Gasteiger partial charge in [-0.1, -0.05) is 31.5 Å². The van der Waals surface area contributed by atoms with E-state index < -0.39 is 0 Å². The highest BCUT2D eigenvalue weighted by Crippen LogP contribution is 2.22. The van der Waals surface area contributed by atoms with Gasteiger partial charge in [-0.3, -0.25) is 0 Å². The highest BCUT2D eigenvalue weighted by atomic mass is 35.5. The number of benzene rings is 1. The summed E-state index contributed by atoms with van der Waals surface area (Å²) in [6.45, 7) is 5.33. The SMILES string of the molecule is CC(C)NCCc1c[nH]c2cc(Cl)ccc12. The summed E-state index contributed by atoms with van der Waals surface area (Å²) in [5.41, 5.74) is 2.46. The Labute approximate surface area is 101 Å². The van der Waals surface area contributed by atoms with E-state index in [2.05, 4.69) is 36.4 Å². The van der Waals surface area contributed by atoms with Crippen molar-refractivity contribution in [1.82, 2.24) is 10.3 Å². The van der Waals surface area contributed by atoms with Gasteiger partial charge in [0.05, 0.1) is 0 Å². The lowest BCUT2D eigenvalue weighted by Gasteiger charge is -2.06. The zero-order valence-corrected chi connectivity index (χ0v) is 10.4. The molecule has 0 aliphatic rings. The van der Waals surface area contributed by atoms with Crippen LogP contribution in [0.1, 0.15) is 19.4 Å². The van der Waals surface area contributed by atoms with Gasteiger partial charge in [0, 0.05) is 28.2 Å². The Morgan fingerprint density at radius 2 is 2.19 bits per heavy atom. The predicted molar refractivity (Wildman–Crippen MR) is 70.2 cm³/mol. The van der Waals surface area contributed by atoms with E-state index >= 15 is 0 Å². The van der Waals surface area contributed by atoms with Crippen LogP contribution in [-0.2, 0) is 6.42 Å². The molecule has 0 saturated carbocycles. The molecule has 0 atom stereocenters. The second-order valence-corrected chi connectivity index (χ2v) is 4.80. The maximum atomic E-state index is 5.94. The van der Waals surface area contributed by atoms with Gasteiger partial charge < -0.3 is 10.3 Å². The Balaban J connectivity index is 2.13. The highest BCUT2D eigenvalue weighted by Gasteiger charge is 2.03. The van der Waals surface area contributed by atoms with Crippen LogP contribution in [0, 0.1) is 0 Å². The summed E-state index contributed by atoms with van der Waals surface area (Å²) < 4.78 is 0. The van der Waals surface area contributed by atoms with Crippen molar-refractivity contribution < 1.29 is 0 Å². The summed E-state index contributed by atoms with van der Waals surface area (Å²) in [7, 11) is 0. The fourth-order valence-electron chi connectivity index (χ4n) is 1.86. The molecule has 2 N–H and O–H groups in total. The first-order valence-corrected chi connectivity index (χ1v) is 6.03. The van der Waals surface area contributed by atoms with Crippen molar-refractivity contribution in [2.24, 2.45) is 0 Å². The number of aromatic amines is 1. The van der Waals surface area contributed by atoms with Crippen molar-refractivity contribution in [3.8, 4) is 0 Å². The first-order valence-electron chi connectivity index (χ1n) is 5.65. The van der Waals surface area contributed by atoms with Gasteiger partial charge >= 0.3 is 0 Å². The molecule has 86 valence electrons. The molecule has 2 rings (SSSR count). The fourth-order valence-corrected chi connectivity index (χ4v) is 2.03. The van der Waals surface area contributed by atoms with Gasteiger partial charge in [0.2, 0.25) is 0 Å². The molecule has 0 bridgehead atoms. The zero-order valence-electron chi connectivity index (χ0n) is 9.68. The molecule has 2 nitrogen and oxygen atoms in total. The zero-order chi connectivity index (χ0) is 11.5. The van der Waals surface area contributed by atoms with Crippen LogP contribution in [0.25, 0.3) is 10.9 Å². The van der Waals surface area contributed by atoms with Crippen LogP contribution in [-0.4, -0.2) is 17.6 Å². The molecule has 16 heavy (non-hydrogen) atoms. The largest absolute Gasteiger partial charge is 0.361 e. The molecule has 2 aromatic rings. The van der Waals surface area contributed by atoms with E-state index in [0.29, 0.717) is 6.04 Å². The van der Waals surface area contributed by atoms with Crippen LogP contribution in [0.15, 0.2) is 24.4 Å². The summed E-state index contributed by atoms with van der Waals surface area (Å²) in [5, 5.41) is 5.47. The van der Waals surface area contributed by atoms with Crippen LogP contribution in [0.2, 0.25) is 5.02 Å². The normalized spacial score (nSPS) is 11.5. The van der Waals surface area contributed by atoms with E-state index in [0.717, 1.165) is 23.5 Å². The van der Waals surface area contributed by atoms with Crippen molar-refractivity contribution >= 4 is 22.5 Å². The molecular weight excluding hydrogens is 220 g/mol. The first-order chi connectivity index (χ1) is 7.66. The Morgan fingerprint density at radius 3 is 2.94 bits per heavy atom. The summed E-state index contributed by atoms with van der Waals surface area (Å²) in [6, 6.07) is 6.53. The molecule has 1 heterocycles. The molecule has 1 aromatic carbocycles. The number of halogens is 1. The fraction of sp³-hybridized carbons (Fsp3) is 0.385. The van der Waals surface area contributed by atoms with Gasteiger partial charge in [-0.15, -0.1) is 0 Å². The Morgan fingerprint density at radius 1 is 1.38 bits per heavy atom. The van der Waals surface area contributed by atoms with E-state index in [4.69, 9.17) is 11.6 Å². The Bertz CT molecular complexity index is 474. The van der Waals surface area contributed by atoms with Crippen molar-refractivity contribution in [2.45, 2.75) is 26.3 Å². The molecule has 0 fully saturated rings. The second-order valence-electron chi connectivity index (χ2n) is 4.36. The van der Waals surface area contributed by atoms with Gasteiger partial charge in [-0.05, 0) is 30.7 Å². The number of H-pyrrole nitrogens is 1. The molecule has 3 heteroatoms. The number of aromatic nitrogens is 1. The number of hydrogen-bond donors (Lipinski definition) is 2. The predicted octanol–water partition coefficient (Wildman–Crippen LogP) is 3.36. The van der Waals surface area contributed by atoms with Gasteiger partial charge in [0.1, 0.15) is 0 Å². The Hall–Kier alpha value is -0.990. The number of hydrogen-bond acceptors (Lipinski definition) is 1. The van der Waals surface area contributed by atoms with Gasteiger partial charge in [-0.25, -0.2) is 0 Å². The molecule has 0 aliphatic heterocycles. The number of nitrogens with one attached hydrogen (secondary N) is 2. The lowest BCUT2D eigenvalue weighted by molar-refractivity contribution is 0.591. The minimum absolute atomic E-state index is 0.541. The third kappa shape index (κ3) is 2.57. The monoisotopic (exact) mass is 236 g/mol. The third-order valence-corrected chi connectivity index (χ3v) is 2.91. The standard InChI is InChI=1S/C13H17ClN2/c1-9(2)15-6-5-10-8-16-13-7-11(14)3-4-12(10)13/h3-4,7-9,15-16H,5-6H2,1-2H3. The van der Waals surface area contributed by atoms with Crippen LogP contribution in [0.4, 0.5) is 0 Å². The third-order valence-electron chi connectivity index (χ3n) is 2.68. The minimum Gasteiger partial charge on any atom is -0.361 e. The van der Waals surface area contributed by atoms with E-state index in [1.807, 2.05) is 12.1 Å². The van der Waals surface area contributed by atoms with E-state index in [1.165, 1.54) is 10.9 Å². The van der Waals surface area contributed by atoms with Gasteiger partial charge in [0.25, 0.3) is 0 Å². The summed E-state index contributed by atoms with van der Waals surface area (Å²) in [5.74, 6) is 0. The van der Waals surface area contributed by atoms with Crippen LogP contribution < -0.4 is 5.32 Å². The Kier molecular flexibility index (Phi) is 3.52. The van der Waals surface area contributed by atoms with Crippen LogP contribution in [0.5, 0.6) is 0 Å². The molecule has 1 aromatic heterocycles. The summed E-state index contributed by atoms with van der Waals surface area (Å²) in [6.07, 6.45) is 3.11. The molecular formula is C13H17ClN2.